The van der Waals surface area contributed by atoms with Crippen LogP contribution in [0.4, 0.5) is 17.6 Å². The molecule has 0 spiro atoms. The zero-order valence-electron chi connectivity index (χ0n) is 9.22. The van der Waals surface area contributed by atoms with Gasteiger partial charge in [0.1, 0.15) is 11.7 Å². The van der Waals surface area contributed by atoms with E-state index in [2.05, 4.69) is 10.3 Å². The molecule has 1 aromatic carbocycles. The molecular weight excluding hydrogens is 272 g/mol. The summed E-state index contributed by atoms with van der Waals surface area (Å²) in [6, 6.07) is 2.70. The molecule has 0 saturated carbocycles. The van der Waals surface area contributed by atoms with Gasteiger partial charge in [0.05, 0.1) is 12.1 Å². The van der Waals surface area contributed by atoms with Crippen molar-refractivity contribution in [1.29, 1.82) is 0 Å². The highest BCUT2D eigenvalue weighted by atomic mass is 35.5. The quantitative estimate of drug-likeness (QED) is 0.829. The average molecular weight is 283 g/mol. The van der Waals surface area contributed by atoms with Crippen molar-refractivity contribution >= 4 is 18.2 Å². The van der Waals surface area contributed by atoms with Crippen LogP contribution in [-0.2, 0) is 12.6 Å². The number of amidine groups is 1. The average Bonchev–Trinajstić information content (AvgIpc) is 2.72. The number of rotatable bonds is 2. The van der Waals surface area contributed by atoms with Crippen molar-refractivity contribution in [3.63, 3.8) is 0 Å². The van der Waals surface area contributed by atoms with Crippen LogP contribution in [-0.4, -0.2) is 18.9 Å². The van der Waals surface area contributed by atoms with Gasteiger partial charge >= 0.3 is 6.18 Å². The Kier molecular flexibility index (Phi) is 4.56. The molecule has 0 fully saturated rings. The smallest absolute Gasteiger partial charge is 0.372 e. The summed E-state index contributed by atoms with van der Waals surface area (Å²) >= 11 is 0. The number of aliphatic imine (C=N–C) groups is 1. The number of hydrogen-bond donors (Lipinski definition) is 1. The fourth-order valence-corrected chi connectivity index (χ4v) is 1.71. The third-order valence-corrected chi connectivity index (χ3v) is 2.48. The van der Waals surface area contributed by atoms with Crippen LogP contribution in [0.3, 0.4) is 0 Å². The predicted molar refractivity (Wildman–Crippen MR) is 62.7 cm³/mol. The second-order valence-corrected chi connectivity index (χ2v) is 3.73. The van der Waals surface area contributed by atoms with E-state index in [1.165, 1.54) is 0 Å². The first-order chi connectivity index (χ1) is 7.97. The Hall–Kier alpha value is -1.30. The van der Waals surface area contributed by atoms with Gasteiger partial charge in [0.25, 0.3) is 0 Å². The van der Waals surface area contributed by atoms with Crippen LogP contribution in [0.15, 0.2) is 23.2 Å². The molecule has 0 amide bonds. The lowest BCUT2D eigenvalue weighted by Gasteiger charge is -2.13. The van der Waals surface area contributed by atoms with Crippen molar-refractivity contribution in [1.82, 2.24) is 5.32 Å². The third-order valence-electron chi connectivity index (χ3n) is 2.48. The van der Waals surface area contributed by atoms with Crippen LogP contribution in [0.5, 0.6) is 0 Å². The number of hydrogen-bond acceptors (Lipinski definition) is 2. The number of nitrogens with one attached hydrogen (secondary N) is 1. The number of halogens is 5. The first kappa shape index (κ1) is 14.8. The molecule has 7 heteroatoms. The molecule has 0 saturated heterocycles. The summed E-state index contributed by atoms with van der Waals surface area (Å²) in [7, 11) is 0. The van der Waals surface area contributed by atoms with E-state index in [9.17, 15) is 17.6 Å². The Balaban J connectivity index is 0.00000162. The number of nitrogens with zero attached hydrogens (tertiary/aromatic N) is 1. The summed E-state index contributed by atoms with van der Waals surface area (Å²) in [5.74, 6) is -0.371. The number of alkyl halides is 3. The molecule has 0 atom stereocenters. The predicted octanol–water partition coefficient (Wildman–Crippen LogP) is 2.81. The Bertz CT molecular complexity index is 457. The lowest BCUT2D eigenvalue weighted by molar-refractivity contribution is -0.138. The summed E-state index contributed by atoms with van der Waals surface area (Å²) in [4.78, 5) is 4.02. The molecule has 100 valence electrons. The summed E-state index contributed by atoms with van der Waals surface area (Å²) < 4.78 is 50.9. The van der Waals surface area contributed by atoms with Crippen LogP contribution >= 0.6 is 12.4 Å². The maximum atomic E-state index is 12.8. The van der Waals surface area contributed by atoms with Crippen molar-refractivity contribution in [2.75, 3.05) is 13.1 Å². The van der Waals surface area contributed by atoms with Crippen molar-refractivity contribution in [2.45, 2.75) is 12.6 Å². The molecule has 0 radical (unpaired) electrons. The molecular formula is C11H11ClF4N2. The Morgan fingerprint density at radius 2 is 2.00 bits per heavy atom. The van der Waals surface area contributed by atoms with Gasteiger partial charge in [-0.15, -0.1) is 12.4 Å². The van der Waals surface area contributed by atoms with Gasteiger partial charge in [0.15, 0.2) is 0 Å². The van der Waals surface area contributed by atoms with E-state index in [4.69, 9.17) is 0 Å². The van der Waals surface area contributed by atoms with Gasteiger partial charge in [-0.25, -0.2) is 4.39 Å². The second kappa shape index (κ2) is 5.56. The monoisotopic (exact) mass is 282 g/mol. The van der Waals surface area contributed by atoms with E-state index in [0.29, 0.717) is 25.0 Å². The lowest BCUT2D eigenvalue weighted by Crippen LogP contribution is -2.22. The summed E-state index contributed by atoms with van der Waals surface area (Å²) in [6.07, 6.45) is -4.49. The molecule has 1 heterocycles. The van der Waals surface area contributed by atoms with E-state index in [1.807, 2.05) is 0 Å². The first-order valence-electron chi connectivity index (χ1n) is 5.09. The maximum absolute atomic E-state index is 12.8. The molecule has 18 heavy (non-hydrogen) atoms. The minimum Gasteiger partial charge on any atom is -0.372 e. The topological polar surface area (TPSA) is 24.4 Å². The highest BCUT2D eigenvalue weighted by Crippen LogP contribution is 2.32. The SMILES string of the molecule is Cl.Fc1ccc(CC2=NCCN2)c(C(F)(F)F)c1. The van der Waals surface area contributed by atoms with Gasteiger partial charge in [-0.3, -0.25) is 4.99 Å². The normalized spacial score (nSPS) is 14.8. The van der Waals surface area contributed by atoms with Gasteiger partial charge in [-0.2, -0.15) is 13.2 Å². The van der Waals surface area contributed by atoms with E-state index in [0.717, 1.165) is 12.1 Å². The molecule has 0 unspecified atom stereocenters. The largest absolute Gasteiger partial charge is 0.416 e. The van der Waals surface area contributed by atoms with Crippen molar-refractivity contribution in [3.05, 3.63) is 35.1 Å². The van der Waals surface area contributed by atoms with Crippen molar-refractivity contribution < 1.29 is 17.6 Å². The van der Waals surface area contributed by atoms with Gasteiger partial charge < -0.3 is 5.32 Å². The minimum atomic E-state index is -4.55. The first-order valence-corrected chi connectivity index (χ1v) is 5.09. The molecule has 2 rings (SSSR count). The summed E-state index contributed by atoms with van der Waals surface area (Å²) in [5.41, 5.74) is -0.902. The zero-order chi connectivity index (χ0) is 12.5. The lowest BCUT2D eigenvalue weighted by atomic mass is 10.0. The molecule has 0 bridgehead atoms. The Morgan fingerprint density at radius 3 is 2.56 bits per heavy atom. The Morgan fingerprint density at radius 1 is 1.28 bits per heavy atom. The zero-order valence-corrected chi connectivity index (χ0v) is 10.0. The summed E-state index contributed by atoms with van der Waals surface area (Å²) in [6.45, 7) is 1.20. The van der Waals surface area contributed by atoms with Gasteiger partial charge in [0, 0.05) is 13.0 Å². The molecule has 2 nitrogen and oxygen atoms in total. The highest BCUT2D eigenvalue weighted by Gasteiger charge is 2.34. The van der Waals surface area contributed by atoms with E-state index in [1.54, 1.807) is 0 Å². The van der Waals surface area contributed by atoms with E-state index >= 15 is 0 Å². The van der Waals surface area contributed by atoms with Gasteiger partial charge in [-0.05, 0) is 17.7 Å². The van der Waals surface area contributed by atoms with Gasteiger partial charge in [-0.1, -0.05) is 6.07 Å². The molecule has 1 N–H and O–H groups in total. The molecule has 0 aliphatic carbocycles. The molecule has 1 aliphatic rings. The van der Waals surface area contributed by atoms with Crippen LogP contribution < -0.4 is 5.32 Å². The fraction of sp³-hybridized carbons (Fsp3) is 0.364. The highest BCUT2D eigenvalue weighted by molar-refractivity contribution is 5.86. The van der Waals surface area contributed by atoms with Crippen molar-refractivity contribution in [2.24, 2.45) is 4.99 Å². The van der Waals surface area contributed by atoms with Crippen LogP contribution in [0, 0.1) is 5.82 Å². The second-order valence-electron chi connectivity index (χ2n) is 3.73. The number of benzene rings is 1. The minimum absolute atomic E-state index is 0. The van der Waals surface area contributed by atoms with Gasteiger partial charge in [0.2, 0.25) is 0 Å². The third kappa shape index (κ3) is 3.35. The fourth-order valence-electron chi connectivity index (χ4n) is 1.71. The van der Waals surface area contributed by atoms with Crippen molar-refractivity contribution in [3.8, 4) is 0 Å². The summed E-state index contributed by atoms with van der Waals surface area (Å²) in [5, 5.41) is 2.89. The van der Waals surface area contributed by atoms with Crippen LogP contribution in [0.2, 0.25) is 0 Å². The molecule has 0 aromatic heterocycles. The van der Waals surface area contributed by atoms with Crippen LogP contribution in [0.25, 0.3) is 0 Å². The van der Waals surface area contributed by atoms with Crippen LogP contribution in [0.1, 0.15) is 11.1 Å². The van der Waals surface area contributed by atoms with E-state index < -0.39 is 17.6 Å². The molecule has 1 aliphatic heterocycles. The Labute approximate surface area is 108 Å². The molecule has 1 aromatic rings. The van der Waals surface area contributed by atoms with E-state index in [-0.39, 0.29) is 24.4 Å². The maximum Gasteiger partial charge on any atom is 0.416 e. The standard InChI is InChI=1S/C11H10F4N2.ClH/c12-8-2-1-7(5-10-16-3-4-17-10)9(6-8)11(13,14)15;/h1-2,6H,3-5H2,(H,16,17);1H.